The van der Waals surface area contributed by atoms with E-state index in [4.69, 9.17) is 4.74 Å². The van der Waals surface area contributed by atoms with Crippen molar-refractivity contribution in [3.63, 3.8) is 0 Å². The van der Waals surface area contributed by atoms with Crippen LogP contribution in [0, 0.1) is 0 Å². The standard InChI is InChI=1S/C13H27N5O3/c1-17(8-9-18-6-3-14-4-7-18)11-12(19)16-13(20)15-5-10-21-2/h14H,3-11H2,1-2H3,(H2,15,16,19,20). The summed E-state index contributed by atoms with van der Waals surface area (Å²) < 4.78 is 4.81. The number of nitrogens with zero attached hydrogens (tertiary/aromatic N) is 2. The summed E-state index contributed by atoms with van der Waals surface area (Å²) in [5, 5.41) is 8.14. The van der Waals surface area contributed by atoms with E-state index in [1.807, 2.05) is 11.9 Å². The van der Waals surface area contributed by atoms with Gasteiger partial charge in [-0.05, 0) is 7.05 Å². The van der Waals surface area contributed by atoms with Gasteiger partial charge in [-0.2, -0.15) is 0 Å². The van der Waals surface area contributed by atoms with E-state index >= 15 is 0 Å². The SMILES string of the molecule is COCCNC(=O)NC(=O)CN(C)CCN1CCNCC1. The highest BCUT2D eigenvalue weighted by Crippen LogP contribution is 1.93. The van der Waals surface area contributed by atoms with Crippen molar-refractivity contribution >= 4 is 11.9 Å². The van der Waals surface area contributed by atoms with E-state index in [1.54, 1.807) is 7.11 Å². The quantitative estimate of drug-likeness (QED) is 0.463. The van der Waals surface area contributed by atoms with Crippen LogP contribution in [0.2, 0.25) is 0 Å². The van der Waals surface area contributed by atoms with Crippen LogP contribution in [0.5, 0.6) is 0 Å². The molecule has 1 saturated heterocycles. The van der Waals surface area contributed by atoms with E-state index < -0.39 is 6.03 Å². The fourth-order valence-electron chi connectivity index (χ4n) is 2.05. The van der Waals surface area contributed by atoms with E-state index in [2.05, 4.69) is 20.9 Å². The number of carbonyl (C=O) groups excluding carboxylic acids is 2. The predicted octanol–water partition coefficient (Wildman–Crippen LogP) is -1.70. The molecule has 1 aliphatic heterocycles. The first-order valence-corrected chi connectivity index (χ1v) is 7.30. The van der Waals surface area contributed by atoms with Crippen LogP contribution in [0.25, 0.3) is 0 Å². The van der Waals surface area contributed by atoms with Gasteiger partial charge in [-0.3, -0.25) is 19.9 Å². The molecule has 122 valence electrons. The number of likely N-dealkylation sites (N-methyl/N-ethyl adjacent to an activating group) is 1. The van der Waals surface area contributed by atoms with Crippen LogP contribution in [-0.2, 0) is 9.53 Å². The molecule has 1 aliphatic rings. The Kier molecular flexibility index (Phi) is 8.91. The van der Waals surface area contributed by atoms with Crippen molar-refractivity contribution in [2.75, 3.05) is 73.1 Å². The molecule has 1 heterocycles. The summed E-state index contributed by atoms with van der Waals surface area (Å²) in [5.41, 5.74) is 0. The van der Waals surface area contributed by atoms with Gasteiger partial charge in [0.1, 0.15) is 0 Å². The Morgan fingerprint density at radius 1 is 1.33 bits per heavy atom. The molecule has 3 N–H and O–H groups in total. The third kappa shape index (κ3) is 8.61. The minimum Gasteiger partial charge on any atom is -0.383 e. The van der Waals surface area contributed by atoms with Gasteiger partial charge in [-0.15, -0.1) is 0 Å². The van der Waals surface area contributed by atoms with Crippen LogP contribution in [0.1, 0.15) is 0 Å². The normalized spacial score (nSPS) is 16.0. The zero-order chi connectivity index (χ0) is 15.5. The number of hydrogen-bond acceptors (Lipinski definition) is 6. The minimum atomic E-state index is -0.479. The molecule has 21 heavy (non-hydrogen) atoms. The molecule has 3 amide bonds. The van der Waals surface area contributed by atoms with Crippen LogP contribution in [0.15, 0.2) is 0 Å². The van der Waals surface area contributed by atoms with Gasteiger partial charge in [0.25, 0.3) is 0 Å². The maximum atomic E-state index is 11.7. The highest BCUT2D eigenvalue weighted by molar-refractivity contribution is 5.95. The summed E-state index contributed by atoms with van der Waals surface area (Å²) in [4.78, 5) is 27.3. The van der Waals surface area contributed by atoms with Gasteiger partial charge in [0.05, 0.1) is 13.2 Å². The summed E-state index contributed by atoms with van der Waals surface area (Å²) in [6, 6.07) is -0.479. The Hall–Kier alpha value is -1.22. The fourth-order valence-corrected chi connectivity index (χ4v) is 2.05. The highest BCUT2D eigenvalue weighted by Gasteiger charge is 2.13. The number of ether oxygens (including phenoxy) is 1. The molecule has 0 radical (unpaired) electrons. The van der Waals surface area contributed by atoms with Gasteiger partial charge in [-0.25, -0.2) is 4.79 Å². The summed E-state index contributed by atoms with van der Waals surface area (Å²) in [5.74, 6) is -0.298. The van der Waals surface area contributed by atoms with Crippen LogP contribution in [-0.4, -0.2) is 94.9 Å². The Bertz CT molecular complexity index is 321. The lowest BCUT2D eigenvalue weighted by Gasteiger charge is -2.28. The summed E-state index contributed by atoms with van der Waals surface area (Å²) in [7, 11) is 3.43. The van der Waals surface area contributed by atoms with Crippen molar-refractivity contribution in [1.29, 1.82) is 0 Å². The third-order valence-corrected chi connectivity index (χ3v) is 3.27. The molecular formula is C13H27N5O3. The first-order valence-electron chi connectivity index (χ1n) is 7.30. The molecule has 8 heteroatoms. The summed E-state index contributed by atoms with van der Waals surface area (Å²) in [6.07, 6.45) is 0. The van der Waals surface area contributed by atoms with E-state index in [-0.39, 0.29) is 12.5 Å². The number of imide groups is 1. The number of piperazine rings is 1. The smallest absolute Gasteiger partial charge is 0.321 e. The molecule has 0 atom stereocenters. The van der Waals surface area contributed by atoms with E-state index in [0.717, 1.165) is 39.3 Å². The van der Waals surface area contributed by atoms with E-state index in [0.29, 0.717) is 13.2 Å². The van der Waals surface area contributed by atoms with Crippen LogP contribution >= 0.6 is 0 Å². The molecule has 0 spiro atoms. The van der Waals surface area contributed by atoms with Crippen molar-refractivity contribution in [2.24, 2.45) is 0 Å². The number of rotatable bonds is 8. The molecule has 0 unspecified atom stereocenters. The summed E-state index contributed by atoms with van der Waals surface area (Å²) in [6.45, 7) is 6.89. The topological polar surface area (TPSA) is 85.9 Å². The van der Waals surface area contributed by atoms with Crippen LogP contribution in [0.4, 0.5) is 4.79 Å². The second-order valence-corrected chi connectivity index (χ2v) is 5.13. The van der Waals surface area contributed by atoms with Gasteiger partial charge in [0.2, 0.25) is 5.91 Å². The lowest BCUT2D eigenvalue weighted by atomic mass is 10.3. The summed E-state index contributed by atoms with van der Waals surface area (Å²) >= 11 is 0. The largest absolute Gasteiger partial charge is 0.383 e. The molecule has 0 aromatic carbocycles. The predicted molar refractivity (Wildman–Crippen MR) is 80.2 cm³/mol. The lowest BCUT2D eigenvalue weighted by molar-refractivity contribution is -0.120. The van der Waals surface area contributed by atoms with E-state index in [1.165, 1.54) is 0 Å². The number of methoxy groups -OCH3 is 1. The molecule has 1 rings (SSSR count). The number of carbonyl (C=O) groups is 2. The monoisotopic (exact) mass is 301 g/mol. The average molecular weight is 301 g/mol. The first-order chi connectivity index (χ1) is 10.1. The van der Waals surface area contributed by atoms with Crippen LogP contribution < -0.4 is 16.0 Å². The van der Waals surface area contributed by atoms with Crippen molar-refractivity contribution in [1.82, 2.24) is 25.8 Å². The second-order valence-electron chi connectivity index (χ2n) is 5.13. The molecule has 1 fully saturated rings. The molecule has 0 aliphatic carbocycles. The van der Waals surface area contributed by atoms with Crippen molar-refractivity contribution in [3.05, 3.63) is 0 Å². The minimum absolute atomic E-state index is 0.212. The van der Waals surface area contributed by atoms with Gasteiger partial charge < -0.3 is 15.4 Å². The number of amides is 3. The first kappa shape index (κ1) is 17.8. The van der Waals surface area contributed by atoms with Crippen molar-refractivity contribution < 1.29 is 14.3 Å². The average Bonchev–Trinajstić information content (AvgIpc) is 2.46. The second kappa shape index (κ2) is 10.5. The molecule has 0 bridgehead atoms. The maximum absolute atomic E-state index is 11.7. The Balaban J connectivity index is 2.10. The number of nitrogens with one attached hydrogen (secondary N) is 3. The van der Waals surface area contributed by atoms with Crippen molar-refractivity contribution in [3.8, 4) is 0 Å². The zero-order valence-corrected chi connectivity index (χ0v) is 13.0. The maximum Gasteiger partial charge on any atom is 0.321 e. The molecule has 0 aromatic heterocycles. The van der Waals surface area contributed by atoms with Crippen LogP contribution in [0.3, 0.4) is 0 Å². The Morgan fingerprint density at radius 2 is 2.05 bits per heavy atom. The zero-order valence-electron chi connectivity index (χ0n) is 13.0. The lowest BCUT2D eigenvalue weighted by Crippen LogP contribution is -2.48. The van der Waals surface area contributed by atoms with Gasteiger partial charge >= 0.3 is 6.03 Å². The van der Waals surface area contributed by atoms with Gasteiger partial charge in [0.15, 0.2) is 0 Å². The molecule has 0 aromatic rings. The molecule has 0 saturated carbocycles. The fraction of sp³-hybridized carbons (Fsp3) is 0.846. The Morgan fingerprint density at radius 3 is 2.71 bits per heavy atom. The van der Waals surface area contributed by atoms with E-state index in [9.17, 15) is 9.59 Å². The Labute approximate surface area is 126 Å². The third-order valence-electron chi connectivity index (χ3n) is 3.27. The molecule has 8 nitrogen and oxygen atoms in total. The highest BCUT2D eigenvalue weighted by atomic mass is 16.5. The van der Waals surface area contributed by atoms with Crippen molar-refractivity contribution in [2.45, 2.75) is 0 Å². The molecular weight excluding hydrogens is 274 g/mol. The number of hydrogen-bond donors (Lipinski definition) is 3. The number of urea groups is 1. The van der Waals surface area contributed by atoms with Gasteiger partial charge in [0, 0.05) is 52.9 Å². The van der Waals surface area contributed by atoms with Gasteiger partial charge in [-0.1, -0.05) is 0 Å².